The molecule has 3 N–H and O–H groups in total. The highest BCUT2D eigenvalue weighted by atomic mass is 79.9. The minimum Gasteiger partial charge on any atom is -0.271 e. The third kappa shape index (κ3) is 2.99. The number of halogens is 3. The van der Waals surface area contributed by atoms with Crippen molar-refractivity contribution in [2.75, 3.05) is 0 Å². The first-order chi connectivity index (χ1) is 7.85. The number of hydrazine groups is 1. The number of rotatable bonds is 4. The Balaban J connectivity index is 3.27. The Morgan fingerprint density at radius 2 is 2.12 bits per heavy atom. The summed E-state index contributed by atoms with van der Waals surface area (Å²) in [7, 11) is 0. The molecule has 0 fully saturated rings. The van der Waals surface area contributed by atoms with Crippen molar-refractivity contribution in [2.24, 2.45) is 11.3 Å². The number of hydrogen-bond acceptors (Lipinski definition) is 2. The second-order valence-electron chi connectivity index (χ2n) is 4.71. The third-order valence-electron chi connectivity index (χ3n) is 3.24. The van der Waals surface area contributed by atoms with E-state index >= 15 is 0 Å². The molecule has 0 aliphatic carbocycles. The van der Waals surface area contributed by atoms with Gasteiger partial charge in [-0.2, -0.15) is 0 Å². The van der Waals surface area contributed by atoms with Crippen molar-refractivity contribution in [1.82, 2.24) is 5.43 Å². The third-order valence-corrected chi connectivity index (χ3v) is 4.49. The molecule has 1 aromatic rings. The van der Waals surface area contributed by atoms with Crippen LogP contribution in [0.1, 0.15) is 38.8 Å². The van der Waals surface area contributed by atoms with Crippen LogP contribution in [0.25, 0.3) is 0 Å². The molecular weight excluding hydrogens is 307 g/mol. The normalized spacial score (nSPS) is 13.8. The predicted molar refractivity (Wildman–Crippen MR) is 73.2 cm³/mol. The predicted octanol–water partition coefficient (Wildman–Crippen LogP) is 4.18. The summed E-state index contributed by atoms with van der Waals surface area (Å²) in [5.74, 6) is 5.13. The fourth-order valence-electron chi connectivity index (χ4n) is 1.70. The summed E-state index contributed by atoms with van der Waals surface area (Å²) >= 11 is 9.08. The van der Waals surface area contributed by atoms with Crippen LogP contribution < -0.4 is 11.3 Å². The highest BCUT2D eigenvalue weighted by Gasteiger charge is 2.31. The van der Waals surface area contributed by atoms with Gasteiger partial charge in [0.15, 0.2) is 0 Å². The summed E-state index contributed by atoms with van der Waals surface area (Å²) in [4.78, 5) is 0. The maximum absolute atomic E-state index is 14.1. The zero-order valence-corrected chi connectivity index (χ0v) is 12.5. The van der Waals surface area contributed by atoms with Crippen molar-refractivity contribution in [2.45, 2.75) is 33.2 Å². The summed E-state index contributed by atoms with van der Waals surface area (Å²) in [6, 6.07) is 3.16. The van der Waals surface area contributed by atoms with Gasteiger partial charge in [0.05, 0.1) is 11.1 Å². The summed E-state index contributed by atoms with van der Waals surface area (Å²) in [5, 5.41) is 0.0923. The number of nitrogens with one attached hydrogen (secondary N) is 1. The Bertz CT molecular complexity index is 410. The van der Waals surface area contributed by atoms with Gasteiger partial charge in [0.1, 0.15) is 5.82 Å². The van der Waals surface area contributed by atoms with Crippen molar-refractivity contribution in [3.05, 3.63) is 33.0 Å². The van der Waals surface area contributed by atoms with Crippen LogP contribution in [0.4, 0.5) is 4.39 Å². The number of hydrogen-bond donors (Lipinski definition) is 2. The second-order valence-corrected chi connectivity index (χ2v) is 5.94. The zero-order valence-electron chi connectivity index (χ0n) is 10.2. The maximum Gasteiger partial charge on any atom is 0.147 e. The molecule has 0 aliphatic rings. The maximum atomic E-state index is 14.1. The molecule has 0 radical (unpaired) electrons. The fraction of sp³-hybridized carbons (Fsp3) is 0.500. The molecule has 5 heteroatoms. The standard InChI is InChI=1S/C12H17BrClFN2/c1-4-12(2,3)11(17-16)7-5-6-8(13)9(14)10(7)15/h5-6,11,17H,4,16H2,1-3H3. The lowest BCUT2D eigenvalue weighted by atomic mass is 9.78. The van der Waals surface area contributed by atoms with Crippen molar-refractivity contribution < 1.29 is 4.39 Å². The van der Waals surface area contributed by atoms with Gasteiger partial charge in [-0.1, -0.05) is 38.4 Å². The Kier molecular flexibility index (Phi) is 4.95. The van der Waals surface area contributed by atoms with Gasteiger partial charge >= 0.3 is 0 Å². The van der Waals surface area contributed by atoms with Gasteiger partial charge in [-0.3, -0.25) is 11.3 Å². The smallest absolute Gasteiger partial charge is 0.147 e. The highest BCUT2D eigenvalue weighted by Crippen LogP contribution is 2.39. The van der Waals surface area contributed by atoms with Gasteiger partial charge in [0.2, 0.25) is 0 Å². The molecule has 1 aromatic carbocycles. The quantitative estimate of drug-likeness (QED) is 0.495. The van der Waals surface area contributed by atoms with Crippen LogP contribution in [-0.4, -0.2) is 0 Å². The Hall–Kier alpha value is -0.160. The minimum absolute atomic E-state index is 0.0923. The molecule has 0 heterocycles. The monoisotopic (exact) mass is 322 g/mol. The number of nitrogens with two attached hydrogens (primary N) is 1. The van der Waals surface area contributed by atoms with Gasteiger partial charge in [-0.25, -0.2) is 4.39 Å². The van der Waals surface area contributed by atoms with Crippen LogP contribution in [0.15, 0.2) is 16.6 Å². The fourth-order valence-corrected chi connectivity index (χ4v) is 2.18. The van der Waals surface area contributed by atoms with Crippen LogP contribution in [0.2, 0.25) is 5.02 Å². The minimum atomic E-state index is -0.425. The van der Waals surface area contributed by atoms with Crippen molar-refractivity contribution in [3.63, 3.8) is 0 Å². The summed E-state index contributed by atoms with van der Waals surface area (Å²) in [5.41, 5.74) is 3.02. The number of benzene rings is 1. The first-order valence-corrected chi connectivity index (χ1v) is 6.61. The van der Waals surface area contributed by atoms with Crippen LogP contribution in [0, 0.1) is 11.2 Å². The Morgan fingerprint density at radius 3 is 2.59 bits per heavy atom. The molecule has 0 amide bonds. The molecule has 1 rings (SSSR count). The molecule has 0 spiro atoms. The lowest BCUT2D eigenvalue weighted by Crippen LogP contribution is -2.38. The first-order valence-electron chi connectivity index (χ1n) is 5.44. The van der Waals surface area contributed by atoms with E-state index < -0.39 is 5.82 Å². The first kappa shape index (κ1) is 14.9. The van der Waals surface area contributed by atoms with Crippen molar-refractivity contribution in [1.29, 1.82) is 0 Å². The largest absolute Gasteiger partial charge is 0.271 e. The zero-order chi connectivity index (χ0) is 13.2. The van der Waals surface area contributed by atoms with Crippen LogP contribution >= 0.6 is 27.5 Å². The van der Waals surface area contributed by atoms with Crippen LogP contribution in [-0.2, 0) is 0 Å². The van der Waals surface area contributed by atoms with Gasteiger partial charge < -0.3 is 0 Å². The molecule has 1 unspecified atom stereocenters. The van der Waals surface area contributed by atoms with E-state index in [2.05, 4.69) is 21.4 Å². The van der Waals surface area contributed by atoms with Gasteiger partial charge in [0.25, 0.3) is 0 Å². The van der Waals surface area contributed by atoms with Gasteiger partial charge in [0, 0.05) is 10.0 Å². The molecule has 0 aromatic heterocycles. The lowest BCUT2D eigenvalue weighted by Gasteiger charge is -2.33. The average Bonchev–Trinajstić information content (AvgIpc) is 2.30. The molecule has 17 heavy (non-hydrogen) atoms. The van der Waals surface area contributed by atoms with Crippen LogP contribution in [0.3, 0.4) is 0 Å². The molecule has 1 atom stereocenters. The Labute approximate surface area is 115 Å². The average molecular weight is 324 g/mol. The summed E-state index contributed by atoms with van der Waals surface area (Å²) in [6.07, 6.45) is 0.870. The van der Waals surface area contributed by atoms with E-state index in [1.54, 1.807) is 12.1 Å². The van der Waals surface area contributed by atoms with E-state index in [-0.39, 0.29) is 16.5 Å². The lowest BCUT2D eigenvalue weighted by molar-refractivity contribution is 0.231. The van der Waals surface area contributed by atoms with E-state index in [0.717, 1.165) is 6.42 Å². The molecule has 0 bridgehead atoms. The van der Waals surface area contributed by atoms with E-state index in [0.29, 0.717) is 10.0 Å². The molecule has 0 saturated heterocycles. The Morgan fingerprint density at radius 1 is 1.53 bits per heavy atom. The van der Waals surface area contributed by atoms with Crippen molar-refractivity contribution >= 4 is 27.5 Å². The van der Waals surface area contributed by atoms with Crippen molar-refractivity contribution in [3.8, 4) is 0 Å². The molecule has 96 valence electrons. The van der Waals surface area contributed by atoms with Gasteiger partial charge in [-0.15, -0.1) is 0 Å². The van der Waals surface area contributed by atoms with E-state index in [1.165, 1.54) is 0 Å². The molecular formula is C12H17BrClFN2. The summed E-state index contributed by atoms with van der Waals surface area (Å²) in [6.45, 7) is 6.11. The van der Waals surface area contributed by atoms with Gasteiger partial charge in [-0.05, 0) is 33.8 Å². The summed E-state index contributed by atoms with van der Waals surface area (Å²) < 4.78 is 14.7. The topological polar surface area (TPSA) is 38.0 Å². The van der Waals surface area contributed by atoms with E-state index in [1.807, 2.05) is 20.8 Å². The SMILES string of the molecule is CCC(C)(C)C(NN)c1ccc(Br)c(Cl)c1F. The second kappa shape index (κ2) is 5.65. The molecule has 0 aliphatic heterocycles. The van der Waals surface area contributed by atoms with E-state index in [4.69, 9.17) is 17.4 Å². The van der Waals surface area contributed by atoms with Crippen LogP contribution in [0.5, 0.6) is 0 Å². The highest BCUT2D eigenvalue weighted by molar-refractivity contribution is 9.10. The molecule has 0 saturated carbocycles. The molecule has 2 nitrogen and oxygen atoms in total. The van der Waals surface area contributed by atoms with E-state index in [9.17, 15) is 4.39 Å².